The molecule has 0 fully saturated rings. The third-order valence-electron chi connectivity index (χ3n) is 1.93. The molecule has 2 rings (SSSR count). The fraction of sp³-hybridized carbons (Fsp3) is 0. The topological polar surface area (TPSA) is 38.9 Å². The standard InChI is InChI=1S/C11H8ClFN2S/c12-8-5-11(10(14)6-9(8)13)16-7-1-3-15-4-2-7/h1-6H,14H2. The molecule has 2 aromatic rings. The van der Waals surface area contributed by atoms with Crippen LogP contribution in [0, 0.1) is 5.82 Å². The molecule has 0 aliphatic carbocycles. The Bertz CT molecular complexity index is 505. The molecule has 82 valence electrons. The number of nitrogens with zero attached hydrogens (tertiary/aromatic N) is 1. The lowest BCUT2D eigenvalue weighted by Crippen LogP contribution is -1.90. The maximum atomic E-state index is 13.1. The van der Waals surface area contributed by atoms with Crippen LogP contribution in [0.4, 0.5) is 10.1 Å². The molecule has 1 heterocycles. The van der Waals surface area contributed by atoms with Crippen molar-refractivity contribution < 1.29 is 4.39 Å². The van der Waals surface area contributed by atoms with Crippen LogP contribution in [-0.2, 0) is 0 Å². The zero-order valence-electron chi connectivity index (χ0n) is 8.15. The summed E-state index contributed by atoms with van der Waals surface area (Å²) in [5.74, 6) is -0.502. The lowest BCUT2D eigenvalue weighted by atomic mass is 10.3. The minimum atomic E-state index is -0.502. The third-order valence-corrected chi connectivity index (χ3v) is 3.30. The predicted molar refractivity (Wildman–Crippen MR) is 64.2 cm³/mol. The summed E-state index contributed by atoms with van der Waals surface area (Å²) < 4.78 is 13.1. The zero-order chi connectivity index (χ0) is 11.5. The number of aromatic nitrogens is 1. The van der Waals surface area contributed by atoms with Gasteiger partial charge < -0.3 is 5.73 Å². The fourth-order valence-electron chi connectivity index (χ4n) is 1.17. The van der Waals surface area contributed by atoms with E-state index < -0.39 is 5.82 Å². The number of pyridine rings is 1. The number of hydrogen-bond acceptors (Lipinski definition) is 3. The van der Waals surface area contributed by atoms with Crippen LogP contribution in [-0.4, -0.2) is 4.98 Å². The lowest BCUT2D eigenvalue weighted by molar-refractivity contribution is 0.628. The fourth-order valence-corrected chi connectivity index (χ4v) is 2.26. The van der Waals surface area contributed by atoms with Crippen LogP contribution >= 0.6 is 23.4 Å². The molecular formula is C11H8ClFN2S. The molecule has 0 aliphatic rings. The van der Waals surface area contributed by atoms with Gasteiger partial charge in [0.1, 0.15) is 5.82 Å². The molecule has 2 nitrogen and oxygen atoms in total. The van der Waals surface area contributed by atoms with E-state index in [4.69, 9.17) is 17.3 Å². The summed E-state index contributed by atoms with van der Waals surface area (Å²) >= 11 is 7.12. The van der Waals surface area contributed by atoms with Crippen molar-refractivity contribution in [1.29, 1.82) is 0 Å². The number of benzene rings is 1. The average Bonchev–Trinajstić information content (AvgIpc) is 2.27. The molecule has 0 amide bonds. The molecule has 2 N–H and O–H groups in total. The maximum Gasteiger partial charge on any atom is 0.143 e. The maximum absolute atomic E-state index is 13.1. The largest absolute Gasteiger partial charge is 0.398 e. The van der Waals surface area contributed by atoms with Crippen LogP contribution in [0.3, 0.4) is 0 Å². The summed E-state index contributed by atoms with van der Waals surface area (Å²) in [6, 6.07) is 6.45. The molecule has 1 aromatic carbocycles. The van der Waals surface area contributed by atoms with Gasteiger partial charge in [-0.2, -0.15) is 0 Å². The lowest BCUT2D eigenvalue weighted by Gasteiger charge is -2.06. The first-order valence-electron chi connectivity index (χ1n) is 4.49. The molecule has 0 aliphatic heterocycles. The van der Waals surface area contributed by atoms with Crippen LogP contribution in [0.2, 0.25) is 5.02 Å². The molecule has 0 bridgehead atoms. The van der Waals surface area contributed by atoms with E-state index >= 15 is 0 Å². The SMILES string of the molecule is Nc1cc(F)c(Cl)cc1Sc1ccncc1. The molecule has 5 heteroatoms. The molecule has 0 saturated carbocycles. The second kappa shape index (κ2) is 4.72. The Labute approximate surface area is 102 Å². The first-order chi connectivity index (χ1) is 7.66. The van der Waals surface area contributed by atoms with E-state index in [0.29, 0.717) is 5.69 Å². The highest BCUT2D eigenvalue weighted by molar-refractivity contribution is 7.99. The number of rotatable bonds is 2. The van der Waals surface area contributed by atoms with Crippen molar-refractivity contribution in [2.45, 2.75) is 9.79 Å². The quantitative estimate of drug-likeness (QED) is 0.832. The Balaban J connectivity index is 2.32. The van der Waals surface area contributed by atoms with Gasteiger partial charge in [0, 0.05) is 27.9 Å². The Morgan fingerprint density at radius 1 is 1.25 bits per heavy atom. The van der Waals surface area contributed by atoms with Gasteiger partial charge in [0.15, 0.2) is 0 Å². The van der Waals surface area contributed by atoms with Gasteiger partial charge in [0.2, 0.25) is 0 Å². The van der Waals surface area contributed by atoms with Gasteiger partial charge in [0.25, 0.3) is 0 Å². The predicted octanol–water partition coefficient (Wildman–Crippen LogP) is 3.61. The molecule has 16 heavy (non-hydrogen) atoms. The zero-order valence-corrected chi connectivity index (χ0v) is 9.73. The van der Waals surface area contributed by atoms with Crippen molar-refractivity contribution in [3.63, 3.8) is 0 Å². The van der Waals surface area contributed by atoms with Crippen LogP contribution in [0.15, 0.2) is 46.5 Å². The summed E-state index contributed by atoms with van der Waals surface area (Å²) in [6.07, 6.45) is 3.37. The van der Waals surface area contributed by atoms with Crippen LogP contribution < -0.4 is 5.73 Å². The van der Waals surface area contributed by atoms with Gasteiger partial charge in [-0.1, -0.05) is 23.4 Å². The molecule has 0 unspecified atom stereocenters. The van der Waals surface area contributed by atoms with E-state index in [1.165, 1.54) is 23.9 Å². The number of nitrogen functional groups attached to an aromatic ring is 1. The minimum Gasteiger partial charge on any atom is -0.398 e. The normalized spacial score (nSPS) is 10.4. The second-order valence-corrected chi connectivity index (χ2v) is 4.61. The summed E-state index contributed by atoms with van der Waals surface area (Å²) in [7, 11) is 0. The molecule has 1 aromatic heterocycles. The van der Waals surface area contributed by atoms with Crippen LogP contribution in [0.5, 0.6) is 0 Å². The van der Waals surface area contributed by atoms with Crippen molar-refractivity contribution in [3.8, 4) is 0 Å². The van der Waals surface area contributed by atoms with Crippen molar-refractivity contribution in [3.05, 3.63) is 47.5 Å². The Morgan fingerprint density at radius 2 is 1.94 bits per heavy atom. The van der Waals surface area contributed by atoms with Gasteiger partial charge in [0.05, 0.1) is 5.02 Å². The summed E-state index contributed by atoms with van der Waals surface area (Å²) in [5.41, 5.74) is 6.08. The highest BCUT2D eigenvalue weighted by Crippen LogP contribution is 2.34. The molecule has 0 radical (unpaired) electrons. The smallest absolute Gasteiger partial charge is 0.143 e. The number of hydrogen-bond donors (Lipinski definition) is 1. The average molecular weight is 255 g/mol. The van der Waals surface area contributed by atoms with E-state index in [9.17, 15) is 4.39 Å². The first-order valence-corrected chi connectivity index (χ1v) is 5.68. The van der Waals surface area contributed by atoms with E-state index in [0.717, 1.165) is 9.79 Å². The van der Waals surface area contributed by atoms with Gasteiger partial charge in [-0.25, -0.2) is 4.39 Å². The van der Waals surface area contributed by atoms with Crippen molar-refractivity contribution >= 4 is 29.1 Å². The number of anilines is 1. The minimum absolute atomic E-state index is 0.0748. The molecule has 0 spiro atoms. The second-order valence-electron chi connectivity index (χ2n) is 3.09. The number of halogens is 2. The first kappa shape index (κ1) is 11.2. The van der Waals surface area contributed by atoms with Gasteiger partial charge in [-0.05, 0) is 24.3 Å². The van der Waals surface area contributed by atoms with Crippen molar-refractivity contribution in [1.82, 2.24) is 4.98 Å². The van der Waals surface area contributed by atoms with Crippen LogP contribution in [0.1, 0.15) is 0 Å². The third kappa shape index (κ3) is 2.46. The summed E-state index contributed by atoms with van der Waals surface area (Å²) in [4.78, 5) is 5.62. The van der Waals surface area contributed by atoms with Crippen LogP contribution in [0.25, 0.3) is 0 Å². The Kier molecular flexibility index (Phi) is 3.31. The highest BCUT2D eigenvalue weighted by Gasteiger charge is 2.07. The van der Waals surface area contributed by atoms with E-state index in [1.54, 1.807) is 12.4 Å². The summed E-state index contributed by atoms with van der Waals surface area (Å²) in [6.45, 7) is 0. The summed E-state index contributed by atoms with van der Waals surface area (Å²) in [5, 5.41) is 0.0748. The highest BCUT2D eigenvalue weighted by atomic mass is 35.5. The van der Waals surface area contributed by atoms with Gasteiger partial charge in [-0.15, -0.1) is 0 Å². The van der Waals surface area contributed by atoms with Crippen molar-refractivity contribution in [2.75, 3.05) is 5.73 Å². The van der Waals surface area contributed by atoms with E-state index in [1.807, 2.05) is 12.1 Å². The Hall–Kier alpha value is -1.26. The van der Waals surface area contributed by atoms with E-state index in [2.05, 4.69) is 4.98 Å². The van der Waals surface area contributed by atoms with Gasteiger partial charge in [-0.3, -0.25) is 4.98 Å². The Morgan fingerprint density at radius 3 is 2.62 bits per heavy atom. The number of nitrogens with two attached hydrogens (primary N) is 1. The molecule has 0 atom stereocenters. The molecular weight excluding hydrogens is 247 g/mol. The monoisotopic (exact) mass is 254 g/mol. The van der Waals surface area contributed by atoms with Crippen molar-refractivity contribution in [2.24, 2.45) is 0 Å². The molecule has 0 saturated heterocycles. The van der Waals surface area contributed by atoms with E-state index in [-0.39, 0.29) is 5.02 Å². The van der Waals surface area contributed by atoms with Gasteiger partial charge >= 0.3 is 0 Å².